The molecule has 0 spiro atoms. The molecule has 4 heteroatoms. The van der Waals surface area contributed by atoms with Gasteiger partial charge in [-0.05, 0) is 33.9 Å². The van der Waals surface area contributed by atoms with Gasteiger partial charge in [-0.15, -0.1) is 0 Å². The average Bonchev–Trinajstić information content (AvgIpc) is 3.23. The van der Waals surface area contributed by atoms with Crippen molar-refractivity contribution in [2.75, 3.05) is 6.61 Å². The zero-order valence-corrected chi connectivity index (χ0v) is 13.1. The zero-order chi connectivity index (χ0) is 16.5. The monoisotopic (exact) mass is 319 g/mol. The van der Waals surface area contributed by atoms with E-state index in [1.165, 1.54) is 26.8 Å². The van der Waals surface area contributed by atoms with Gasteiger partial charge in [0.1, 0.15) is 6.61 Å². The smallest absolute Gasteiger partial charge is 0.417 e. The van der Waals surface area contributed by atoms with Gasteiger partial charge in [-0.2, -0.15) is 0 Å². The second-order valence-corrected chi connectivity index (χ2v) is 5.89. The SMILES string of the molecule is O=C(OCC1c2ccccc2-c2ccccc21)n1ccc(CO)c1. The molecule has 0 amide bonds. The molecule has 1 aliphatic carbocycles. The summed E-state index contributed by atoms with van der Waals surface area (Å²) in [4.78, 5) is 12.2. The van der Waals surface area contributed by atoms with Crippen molar-refractivity contribution in [1.29, 1.82) is 0 Å². The van der Waals surface area contributed by atoms with E-state index in [4.69, 9.17) is 9.84 Å². The summed E-state index contributed by atoms with van der Waals surface area (Å²) in [6, 6.07) is 18.2. The number of aliphatic hydroxyl groups is 1. The molecule has 1 aliphatic rings. The maximum absolute atomic E-state index is 12.2. The highest BCUT2D eigenvalue weighted by Crippen LogP contribution is 2.44. The largest absolute Gasteiger partial charge is 0.448 e. The summed E-state index contributed by atoms with van der Waals surface area (Å²) in [5, 5.41) is 9.09. The van der Waals surface area contributed by atoms with Crippen LogP contribution in [0.15, 0.2) is 67.0 Å². The van der Waals surface area contributed by atoms with Gasteiger partial charge in [0.05, 0.1) is 6.61 Å². The van der Waals surface area contributed by atoms with Crippen molar-refractivity contribution in [3.05, 3.63) is 83.7 Å². The molecule has 4 nitrogen and oxygen atoms in total. The van der Waals surface area contributed by atoms with Crippen LogP contribution in [0.25, 0.3) is 11.1 Å². The number of fused-ring (bicyclic) bond motifs is 3. The normalized spacial score (nSPS) is 12.7. The maximum Gasteiger partial charge on any atom is 0.417 e. The van der Waals surface area contributed by atoms with Crippen LogP contribution < -0.4 is 0 Å². The quantitative estimate of drug-likeness (QED) is 0.799. The number of ether oxygens (including phenoxy) is 1. The van der Waals surface area contributed by atoms with Crippen molar-refractivity contribution < 1.29 is 14.6 Å². The molecule has 3 aromatic rings. The standard InChI is InChI=1S/C20H17NO3/c22-12-14-9-10-21(11-14)20(23)24-13-19-17-7-3-1-5-15(17)16-6-2-4-8-18(16)19/h1-11,19,22H,12-13H2. The number of aliphatic hydroxyl groups excluding tert-OH is 1. The molecular weight excluding hydrogens is 302 g/mol. The molecule has 0 fully saturated rings. The first kappa shape index (κ1) is 14.7. The van der Waals surface area contributed by atoms with Crippen molar-refractivity contribution in [2.24, 2.45) is 0 Å². The van der Waals surface area contributed by atoms with E-state index in [9.17, 15) is 4.79 Å². The highest BCUT2D eigenvalue weighted by atomic mass is 16.5. The van der Waals surface area contributed by atoms with Gasteiger partial charge in [0, 0.05) is 18.3 Å². The molecule has 1 aromatic heterocycles. The number of aromatic nitrogens is 1. The fourth-order valence-electron chi connectivity index (χ4n) is 3.32. The lowest BCUT2D eigenvalue weighted by Crippen LogP contribution is -2.16. The van der Waals surface area contributed by atoms with E-state index >= 15 is 0 Å². The van der Waals surface area contributed by atoms with E-state index in [0.29, 0.717) is 12.2 Å². The minimum Gasteiger partial charge on any atom is -0.448 e. The molecule has 1 N–H and O–H groups in total. The molecule has 0 saturated heterocycles. The second-order valence-electron chi connectivity index (χ2n) is 5.89. The highest BCUT2D eigenvalue weighted by Gasteiger charge is 2.29. The maximum atomic E-state index is 12.2. The van der Waals surface area contributed by atoms with Gasteiger partial charge in [0.2, 0.25) is 0 Å². The lowest BCUT2D eigenvalue weighted by atomic mass is 9.98. The van der Waals surface area contributed by atoms with E-state index in [1.807, 2.05) is 24.3 Å². The van der Waals surface area contributed by atoms with Gasteiger partial charge < -0.3 is 9.84 Å². The Bertz CT molecular complexity index is 852. The first-order chi connectivity index (χ1) is 11.8. The summed E-state index contributed by atoms with van der Waals surface area (Å²) < 4.78 is 6.89. The lowest BCUT2D eigenvalue weighted by Gasteiger charge is -2.14. The Balaban J connectivity index is 1.57. The zero-order valence-electron chi connectivity index (χ0n) is 13.1. The molecule has 0 unspecified atom stereocenters. The molecule has 0 atom stereocenters. The van der Waals surface area contributed by atoms with Crippen LogP contribution in [0, 0.1) is 0 Å². The van der Waals surface area contributed by atoms with Crippen LogP contribution in [-0.2, 0) is 11.3 Å². The Morgan fingerprint density at radius 2 is 1.62 bits per heavy atom. The van der Waals surface area contributed by atoms with Crippen LogP contribution in [0.3, 0.4) is 0 Å². The Kier molecular flexibility index (Phi) is 3.67. The molecule has 1 heterocycles. The molecule has 4 rings (SSSR count). The van der Waals surface area contributed by atoms with Crippen molar-refractivity contribution in [3.63, 3.8) is 0 Å². The number of benzene rings is 2. The highest BCUT2D eigenvalue weighted by molar-refractivity contribution is 5.79. The van der Waals surface area contributed by atoms with Crippen LogP contribution in [0.1, 0.15) is 22.6 Å². The minimum atomic E-state index is -0.434. The fraction of sp³-hybridized carbons (Fsp3) is 0.150. The number of hydrogen-bond donors (Lipinski definition) is 1. The van der Waals surface area contributed by atoms with Crippen molar-refractivity contribution in [1.82, 2.24) is 4.57 Å². The number of hydrogen-bond acceptors (Lipinski definition) is 3. The van der Waals surface area contributed by atoms with Crippen molar-refractivity contribution in [3.8, 4) is 11.1 Å². The van der Waals surface area contributed by atoms with Gasteiger partial charge in [0.25, 0.3) is 0 Å². The van der Waals surface area contributed by atoms with E-state index in [-0.39, 0.29) is 12.5 Å². The molecule has 2 aromatic carbocycles. The third-order valence-electron chi connectivity index (χ3n) is 4.48. The summed E-state index contributed by atoms with van der Waals surface area (Å²) in [6.07, 6.45) is 2.75. The molecule has 0 bridgehead atoms. The lowest BCUT2D eigenvalue weighted by molar-refractivity contribution is 0.144. The first-order valence-corrected chi connectivity index (χ1v) is 7.91. The number of carbonyl (C=O) groups is 1. The van der Waals surface area contributed by atoms with Crippen molar-refractivity contribution >= 4 is 6.09 Å². The third kappa shape index (κ3) is 2.41. The summed E-state index contributed by atoms with van der Waals surface area (Å²) >= 11 is 0. The van der Waals surface area contributed by atoms with Gasteiger partial charge in [-0.1, -0.05) is 48.5 Å². The Labute approximate surface area is 139 Å². The van der Waals surface area contributed by atoms with Crippen LogP contribution in [0.2, 0.25) is 0 Å². The number of rotatable bonds is 3. The molecular formula is C20H17NO3. The average molecular weight is 319 g/mol. The first-order valence-electron chi connectivity index (χ1n) is 7.91. The van der Waals surface area contributed by atoms with Crippen molar-refractivity contribution in [2.45, 2.75) is 12.5 Å². The summed E-state index contributed by atoms with van der Waals surface area (Å²) in [5.74, 6) is 0.0502. The van der Waals surface area contributed by atoms with Crippen LogP contribution in [0.5, 0.6) is 0 Å². The van der Waals surface area contributed by atoms with E-state index < -0.39 is 6.09 Å². The van der Waals surface area contributed by atoms with Gasteiger partial charge in [0.15, 0.2) is 0 Å². The summed E-state index contributed by atoms with van der Waals surface area (Å²) in [7, 11) is 0. The molecule has 24 heavy (non-hydrogen) atoms. The topological polar surface area (TPSA) is 51.5 Å². The summed E-state index contributed by atoms with van der Waals surface area (Å²) in [6.45, 7) is 0.198. The molecule has 0 saturated carbocycles. The number of nitrogens with zero attached hydrogens (tertiary/aromatic N) is 1. The molecule has 0 aliphatic heterocycles. The number of carbonyl (C=O) groups excluding carboxylic acids is 1. The van der Waals surface area contributed by atoms with E-state index in [2.05, 4.69) is 24.3 Å². The van der Waals surface area contributed by atoms with Crippen LogP contribution in [0.4, 0.5) is 4.79 Å². The predicted octanol–water partition coefficient (Wildman–Crippen LogP) is 3.78. The van der Waals surface area contributed by atoms with E-state index in [0.717, 1.165) is 0 Å². The van der Waals surface area contributed by atoms with E-state index in [1.54, 1.807) is 18.5 Å². The Hall–Kier alpha value is -2.85. The predicted molar refractivity (Wildman–Crippen MR) is 90.8 cm³/mol. The fourth-order valence-corrected chi connectivity index (χ4v) is 3.32. The van der Waals surface area contributed by atoms with Gasteiger partial charge >= 0.3 is 6.09 Å². The molecule has 120 valence electrons. The Morgan fingerprint density at radius 1 is 1.00 bits per heavy atom. The Morgan fingerprint density at radius 3 is 2.21 bits per heavy atom. The second kappa shape index (κ2) is 5.98. The van der Waals surface area contributed by atoms with Gasteiger partial charge in [-0.3, -0.25) is 4.57 Å². The summed E-state index contributed by atoms with van der Waals surface area (Å²) in [5.41, 5.74) is 5.48. The van der Waals surface area contributed by atoms with Crippen LogP contribution >= 0.6 is 0 Å². The molecule has 0 radical (unpaired) electrons. The van der Waals surface area contributed by atoms with Gasteiger partial charge in [-0.25, -0.2) is 4.79 Å². The third-order valence-corrected chi connectivity index (χ3v) is 4.48. The minimum absolute atomic E-state index is 0.0502. The van der Waals surface area contributed by atoms with Crippen LogP contribution in [-0.4, -0.2) is 22.4 Å².